The third-order valence-corrected chi connectivity index (χ3v) is 8.96. The fourth-order valence-electron chi connectivity index (χ4n) is 3.47. The summed E-state index contributed by atoms with van der Waals surface area (Å²) in [5.41, 5.74) is 2.45. The van der Waals surface area contributed by atoms with Gasteiger partial charge in [0.05, 0.1) is 0 Å². The van der Waals surface area contributed by atoms with Crippen molar-refractivity contribution in [2.75, 3.05) is 13.2 Å². The van der Waals surface area contributed by atoms with Crippen LogP contribution >= 0.6 is 0 Å². The van der Waals surface area contributed by atoms with E-state index >= 15 is 0 Å². The van der Waals surface area contributed by atoms with Gasteiger partial charge in [0, 0.05) is 0 Å². The van der Waals surface area contributed by atoms with Crippen molar-refractivity contribution in [2.45, 2.75) is 65.2 Å². The summed E-state index contributed by atoms with van der Waals surface area (Å²) in [7, 11) is 0. The van der Waals surface area contributed by atoms with Crippen molar-refractivity contribution in [3.8, 4) is 31.5 Å². The van der Waals surface area contributed by atoms with Crippen LogP contribution in [0, 0.1) is 0 Å². The molecule has 0 saturated carbocycles. The summed E-state index contributed by atoms with van der Waals surface area (Å²) in [6.45, 7) is 6.08. The van der Waals surface area contributed by atoms with Crippen molar-refractivity contribution in [3.63, 3.8) is 0 Å². The van der Waals surface area contributed by atoms with E-state index in [1.165, 1.54) is 58.5 Å². The quantitative estimate of drug-likeness (QED) is 0.162. The second-order valence-electron chi connectivity index (χ2n) is 7.62. The summed E-state index contributed by atoms with van der Waals surface area (Å²) >= 11 is 0.747. The van der Waals surface area contributed by atoms with E-state index in [1.54, 1.807) is 0 Å². The van der Waals surface area contributed by atoms with E-state index in [4.69, 9.17) is 9.47 Å². The molecule has 0 amide bonds. The summed E-state index contributed by atoms with van der Waals surface area (Å²) in [5.74, 6) is 2.06. The van der Waals surface area contributed by atoms with Crippen molar-refractivity contribution < 1.29 is 9.47 Å². The fourth-order valence-corrected chi connectivity index (χ4v) is 6.61. The molecule has 4 heteroatoms. The average Bonchev–Trinajstić information content (AvgIpc) is 3.48. The number of hydrogen-bond donors (Lipinski definition) is 0. The molecule has 0 unspecified atom stereocenters. The maximum atomic E-state index is 6.35. The van der Waals surface area contributed by atoms with Crippen LogP contribution < -0.4 is 9.47 Å². The Morgan fingerprint density at radius 1 is 0.633 bits per heavy atom. The maximum absolute atomic E-state index is 6.35. The monoisotopic (exact) mass is 538 g/mol. The average molecular weight is 536 g/mol. The predicted octanol–water partition coefficient (Wildman–Crippen LogP) is 7.05. The molecule has 3 rings (SSSR count). The Labute approximate surface area is 194 Å². The molecule has 0 aliphatic carbocycles. The van der Waals surface area contributed by atoms with Crippen molar-refractivity contribution in [2.24, 2.45) is 0 Å². The van der Waals surface area contributed by atoms with Gasteiger partial charge in [-0.2, -0.15) is 0 Å². The zero-order chi connectivity index (χ0) is 21.0. The number of hydrogen-bond acceptors (Lipinski definition) is 2. The molecule has 30 heavy (non-hydrogen) atoms. The normalized spacial score (nSPS) is 11.0. The van der Waals surface area contributed by atoms with Crippen molar-refractivity contribution in [3.05, 3.63) is 46.3 Å². The first-order valence-corrected chi connectivity index (χ1v) is 15.0. The number of unbranched alkanes of at least 4 members (excludes halogenated alkanes) is 6. The minimum absolute atomic E-state index is 0.373. The van der Waals surface area contributed by atoms with Gasteiger partial charge < -0.3 is 0 Å². The molecular weight excluding hydrogens is 502 g/mol. The Bertz CT molecular complexity index is 766. The van der Waals surface area contributed by atoms with E-state index in [9.17, 15) is 0 Å². The molecule has 0 aliphatic heterocycles. The summed E-state index contributed by atoms with van der Waals surface area (Å²) in [5, 5.41) is 0. The van der Waals surface area contributed by atoms with Crippen LogP contribution in [0.2, 0.25) is 0 Å². The molecule has 0 spiro atoms. The number of ether oxygens (including phenoxy) is 2. The van der Waals surface area contributed by atoms with Crippen LogP contribution in [0.4, 0.5) is 0 Å². The molecule has 0 bridgehead atoms. The molecule has 162 valence electrons. The first kappa shape index (κ1) is 23.5. The first-order chi connectivity index (χ1) is 14.8. The molecule has 0 saturated heterocycles. The van der Waals surface area contributed by atoms with E-state index in [2.05, 4.69) is 60.1 Å². The molecule has 0 N–H and O–H groups in total. The molecular formula is C26H34O2Se2. The molecule has 2 heterocycles. The summed E-state index contributed by atoms with van der Waals surface area (Å²) < 4.78 is 15.5. The third-order valence-electron chi connectivity index (χ3n) is 5.17. The topological polar surface area (TPSA) is 18.5 Å². The van der Waals surface area contributed by atoms with Gasteiger partial charge in [-0.15, -0.1) is 0 Å². The minimum atomic E-state index is 0.373. The van der Waals surface area contributed by atoms with E-state index in [-0.39, 0.29) is 0 Å². The van der Waals surface area contributed by atoms with Gasteiger partial charge in [-0.25, -0.2) is 0 Å². The zero-order valence-electron chi connectivity index (χ0n) is 18.3. The SMILES string of the molecule is CCCCCCOc1cc(-c2ccc[se]2)c(OCCCCCC)cc1-c1ccc[se]1. The molecule has 2 aromatic heterocycles. The summed E-state index contributed by atoms with van der Waals surface area (Å²) in [4.78, 5) is 4.55. The standard InChI is InChI=1S/C26H34O2Se2/c1-3-5-7-9-15-27-23-19-22(26-14-12-18-30-26)24(28-16-10-8-6-4-2)20-21(23)25-13-11-17-29-25/h11-14,17-20H,3-10,15-16H2,1-2H3. The van der Waals surface area contributed by atoms with Crippen LogP contribution in [0.3, 0.4) is 0 Å². The Hall–Kier alpha value is -1.18. The second-order valence-corrected chi connectivity index (χ2v) is 11.6. The van der Waals surface area contributed by atoms with Crippen molar-refractivity contribution >= 4 is 29.0 Å². The van der Waals surface area contributed by atoms with Crippen LogP contribution in [0.5, 0.6) is 11.5 Å². The van der Waals surface area contributed by atoms with E-state index < -0.39 is 0 Å². The Balaban J connectivity index is 1.86. The fraction of sp³-hybridized carbons (Fsp3) is 0.462. The van der Waals surface area contributed by atoms with Crippen LogP contribution in [-0.4, -0.2) is 42.2 Å². The molecule has 1 aromatic carbocycles. The number of rotatable bonds is 14. The van der Waals surface area contributed by atoms with Gasteiger partial charge in [0.1, 0.15) is 0 Å². The van der Waals surface area contributed by atoms with Crippen LogP contribution in [0.25, 0.3) is 20.0 Å². The molecule has 2 nitrogen and oxygen atoms in total. The Kier molecular flexibility index (Phi) is 10.4. The first-order valence-electron chi connectivity index (χ1n) is 11.3. The Morgan fingerprint density at radius 3 is 1.47 bits per heavy atom. The van der Waals surface area contributed by atoms with Crippen LogP contribution in [0.1, 0.15) is 65.2 Å². The van der Waals surface area contributed by atoms with Gasteiger partial charge >= 0.3 is 195 Å². The van der Waals surface area contributed by atoms with Crippen LogP contribution in [-0.2, 0) is 0 Å². The van der Waals surface area contributed by atoms with E-state index in [1.807, 2.05) is 0 Å². The van der Waals surface area contributed by atoms with Crippen molar-refractivity contribution in [1.29, 1.82) is 0 Å². The van der Waals surface area contributed by atoms with Crippen molar-refractivity contribution in [1.82, 2.24) is 0 Å². The summed E-state index contributed by atoms with van der Waals surface area (Å²) in [6, 6.07) is 13.3. The van der Waals surface area contributed by atoms with E-state index in [0.29, 0.717) is 29.0 Å². The third kappa shape index (κ3) is 6.92. The molecule has 0 atom stereocenters. The van der Waals surface area contributed by atoms with Gasteiger partial charge in [-0.1, -0.05) is 0 Å². The second kappa shape index (κ2) is 13.3. The van der Waals surface area contributed by atoms with Gasteiger partial charge in [-0.05, 0) is 0 Å². The zero-order valence-corrected chi connectivity index (χ0v) is 21.7. The van der Waals surface area contributed by atoms with Gasteiger partial charge in [0.25, 0.3) is 0 Å². The number of benzene rings is 1. The Morgan fingerprint density at radius 2 is 1.10 bits per heavy atom. The molecule has 0 aliphatic rings. The molecule has 3 aromatic rings. The van der Waals surface area contributed by atoms with Gasteiger partial charge in [0.2, 0.25) is 0 Å². The van der Waals surface area contributed by atoms with E-state index in [0.717, 1.165) is 37.6 Å². The predicted molar refractivity (Wildman–Crippen MR) is 130 cm³/mol. The van der Waals surface area contributed by atoms with Gasteiger partial charge in [-0.3, -0.25) is 0 Å². The van der Waals surface area contributed by atoms with Crippen LogP contribution in [0.15, 0.2) is 46.3 Å². The molecule has 0 fully saturated rings. The molecule has 0 radical (unpaired) electrons. The summed E-state index contributed by atoms with van der Waals surface area (Å²) in [6.07, 6.45) is 9.79. The van der Waals surface area contributed by atoms with Gasteiger partial charge in [0.15, 0.2) is 0 Å².